The summed E-state index contributed by atoms with van der Waals surface area (Å²) >= 11 is 0. The van der Waals surface area contributed by atoms with E-state index in [-0.39, 0.29) is 13.0 Å². The Morgan fingerprint density at radius 2 is 1.96 bits per heavy atom. The van der Waals surface area contributed by atoms with E-state index in [2.05, 4.69) is 15.0 Å². The molecule has 0 bridgehead atoms. The zero-order valence-electron chi connectivity index (χ0n) is 11.3. The van der Waals surface area contributed by atoms with Crippen LogP contribution in [0.5, 0.6) is 0 Å². The number of benzene rings is 1. The first-order valence-electron chi connectivity index (χ1n) is 6.69. The van der Waals surface area contributed by atoms with Gasteiger partial charge in [-0.3, -0.25) is 4.98 Å². The summed E-state index contributed by atoms with van der Waals surface area (Å²) in [5, 5.41) is 10.9. The molecular formula is C18H13FN4. The zero-order valence-corrected chi connectivity index (χ0v) is 11.3. The molecule has 112 valence electrons. The second kappa shape index (κ2) is 5.50. The van der Waals surface area contributed by atoms with Crippen molar-refractivity contribution in [1.29, 1.82) is 5.26 Å². The Morgan fingerprint density at radius 1 is 1.09 bits per heavy atom. The Balaban J connectivity index is 0.00000156. The molecule has 0 saturated carbocycles. The van der Waals surface area contributed by atoms with Gasteiger partial charge in [-0.1, -0.05) is 7.43 Å². The van der Waals surface area contributed by atoms with Gasteiger partial charge in [-0.15, -0.1) is 0 Å². The fraction of sp³-hybridized carbons (Fsp3) is 0.0556. The lowest BCUT2D eigenvalue weighted by Gasteiger charge is -2.02. The summed E-state index contributed by atoms with van der Waals surface area (Å²) in [5.41, 5.74) is 3.11. The summed E-state index contributed by atoms with van der Waals surface area (Å²) in [5.74, 6) is -0.524. The Kier molecular flexibility index (Phi) is 3.51. The van der Waals surface area contributed by atoms with Crippen LogP contribution in [0.1, 0.15) is 13.0 Å². The lowest BCUT2D eigenvalue weighted by atomic mass is 10.1. The molecule has 0 unspecified atom stereocenters. The van der Waals surface area contributed by atoms with Crippen LogP contribution in [0.2, 0.25) is 0 Å². The lowest BCUT2D eigenvalue weighted by molar-refractivity contribution is 0.624. The van der Waals surface area contributed by atoms with E-state index in [9.17, 15) is 4.39 Å². The number of hydrogen-bond acceptors (Lipinski definition) is 3. The Bertz CT molecular complexity index is 1060. The van der Waals surface area contributed by atoms with Crippen molar-refractivity contribution in [2.75, 3.05) is 0 Å². The minimum Gasteiger partial charge on any atom is -0.339 e. The summed E-state index contributed by atoms with van der Waals surface area (Å²) in [7, 11) is 0. The van der Waals surface area contributed by atoms with Crippen molar-refractivity contribution in [3.05, 3.63) is 60.2 Å². The maximum absolute atomic E-state index is 13.4. The molecule has 0 spiro atoms. The Hall–Kier alpha value is -3.26. The van der Waals surface area contributed by atoms with Crippen molar-refractivity contribution in [3.8, 4) is 17.3 Å². The maximum Gasteiger partial charge on any atom is 0.140 e. The van der Waals surface area contributed by atoms with Gasteiger partial charge in [0, 0.05) is 28.7 Å². The monoisotopic (exact) mass is 304 g/mol. The average Bonchev–Trinajstić information content (AvgIpc) is 2.93. The van der Waals surface area contributed by atoms with Gasteiger partial charge in [0.1, 0.15) is 17.5 Å². The number of pyridine rings is 2. The van der Waals surface area contributed by atoms with Gasteiger partial charge in [0.2, 0.25) is 0 Å². The first-order valence-corrected chi connectivity index (χ1v) is 6.69. The summed E-state index contributed by atoms with van der Waals surface area (Å²) < 4.78 is 13.4. The molecule has 1 aromatic carbocycles. The number of halogens is 1. The summed E-state index contributed by atoms with van der Waals surface area (Å²) in [6.45, 7) is 0. The molecule has 23 heavy (non-hydrogen) atoms. The third kappa shape index (κ3) is 2.30. The van der Waals surface area contributed by atoms with E-state index >= 15 is 0 Å². The molecule has 4 nitrogen and oxygen atoms in total. The smallest absolute Gasteiger partial charge is 0.140 e. The third-order valence-electron chi connectivity index (χ3n) is 3.64. The predicted molar refractivity (Wildman–Crippen MR) is 88.2 cm³/mol. The second-order valence-electron chi connectivity index (χ2n) is 4.95. The molecule has 3 aromatic heterocycles. The van der Waals surface area contributed by atoms with E-state index in [0.717, 1.165) is 21.9 Å². The lowest BCUT2D eigenvalue weighted by Crippen LogP contribution is -1.88. The van der Waals surface area contributed by atoms with Gasteiger partial charge < -0.3 is 4.98 Å². The molecule has 5 heteroatoms. The molecule has 0 radical (unpaired) electrons. The Labute approximate surface area is 132 Å². The number of H-pyrrole nitrogens is 1. The number of nitriles is 1. The molecule has 0 aliphatic rings. The van der Waals surface area contributed by atoms with Crippen molar-refractivity contribution in [3.63, 3.8) is 0 Å². The zero-order chi connectivity index (χ0) is 15.1. The van der Waals surface area contributed by atoms with Crippen molar-refractivity contribution in [2.45, 2.75) is 7.43 Å². The van der Waals surface area contributed by atoms with Crippen LogP contribution in [0.4, 0.5) is 4.39 Å². The predicted octanol–water partition coefficient (Wildman–Crippen LogP) is 4.42. The van der Waals surface area contributed by atoms with E-state index in [0.29, 0.717) is 11.3 Å². The third-order valence-corrected chi connectivity index (χ3v) is 3.64. The number of nitrogens with one attached hydrogen (secondary N) is 1. The number of aromatic nitrogens is 3. The van der Waals surface area contributed by atoms with Crippen LogP contribution in [0.25, 0.3) is 33.2 Å². The number of aromatic amines is 1. The minimum atomic E-state index is -0.524. The highest BCUT2D eigenvalue weighted by atomic mass is 19.1. The van der Waals surface area contributed by atoms with Crippen molar-refractivity contribution >= 4 is 21.9 Å². The van der Waals surface area contributed by atoms with Gasteiger partial charge >= 0.3 is 0 Å². The van der Waals surface area contributed by atoms with E-state index in [4.69, 9.17) is 5.26 Å². The van der Waals surface area contributed by atoms with Crippen LogP contribution in [-0.4, -0.2) is 15.0 Å². The number of nitrogens with zero attached hydrogens (tertiary/aromatic N) is 3. The first kappa shape index (κ1) is 14.7. The van der Waals surface area contributed by atoms with Gasteiger partial charge in [0.15, 0.2) is 0 Å². The van der Waals surface area contributed by atoms with E-state index in [1.165, 1.54) is 12.1 Å². The molecule has 0 saturated heterocycles. The first-order chi connectivity index (χ1) is 10.8. The Morgan fingerprint density at radius 3 is 2.78 bits per heavy atom. The van der Waals surface area contributed by atoms with Gasteiger partial charge in [0.05, 0.1) is 16.8 Å². The molecule has 0 atom stereocenters. The highest BCUT2D eigenvalue weighted by Gasteiger charge is 2.09. The molecule has 3 heterocycles. The highest BCUT2D eigenvalue weighted by molar-refractivity contribution is 6.05. The van der Waals surface area contributed by atoms with Crippen LogP contribution in [0.3, 0.4) is 0 Å². The average molecular weight is 304 g/mol. The SMILES string of the molecule is C.N#Cc1cc(-c2ccc3c(n2)[nH]c2ccncc23)ccc1F. The van der Waals surface area contributed by atoms with E-state index < -0.39 is 5.82 Å². The molecule has 0 amide bonds. The van der Waals surface area contributed by atoms with Crippen molar-refractivity contribution in [1.82, 2.24) is 15.0 Å². The summed E-state index contributed by atoms with van der Waals surface area (Å²) in [6.07, 6.45) is 3.51. The van der Waals surface area contributed by atoms with Crippen LogP contribution in [-0.2, 0) is 0 Å². The minimum absolute atomic E-state index is 0. The number of fused-ring (bicyclic) bond motifs is 3. The number of hydrogen-bond donors (Lipinski definition) is 1. The van der Waals surface area contributed by atoms with E-state index in [1.54, 1.807) is 18.5 Å². The maximum atomic E-state index is 13.4. The molecule has 0 fully saturated rings. The van der Waals surface area contributed by atoms with E-state index in [1.807, 2.05) is 24.3 Å². The molecule has 4 aromatic rings. The fourth-order valence-electron chi connectivity index (χ4n) is 2.55. The van der Waals surface area contributed by atoms with Gasteiger partial charge in [0.25, 0.3) is 0 Å². The normalized spacial score (nSPS) is 10.4. The molecule has 0 aliphatic carbocycles. The molecule has 0 aliphatic heterocycles. The second-order valence-corrected chi connectivity index (χ2v) is 4.95. The largest absolute Gasteiger partial charge is 0.339 e. The van der Waals surface area contributed by atoms with Crippen LogP contribution in [0, 0.1) is 17.1 Å². The van der Waals surface area contributed by atoms with Crippen LogP contribution >= 0.6 is 0 Å². The standard InChI is InChI=1S/C17H9FN4.CH4/c18-14-3-1-10(7-11(14)8-19)15-4-2-12-13-9-20-6-5-16(13)22-17(12)21-15;/h1-7,9H,(H,21,22);1H4. The van der Waals surface area contributed by atoms with Crippen LogP contribution < -0.4 is 0 Å². The van der Waals surface area contributed by atoms with Crippen LogP contribution in [0.15, 0.2) is 48.8 Å². The van der Waals surface area contributed by atoms with Gasteiger partial charge in [-0.25, -0.2) is 9.37 Å². The van der Waals surface area contributed by atoms with Gasteiger partial charge in [-0.05, 0) is 36.4 Å². The quantitative estimate of drug-likeness (QED) is 0.566. The topological polar surface area (TPSA) is 65.4 Å². The van der Waals surface area contributed by atoms with Crippen molar-refractivity contribution in [2.24, 2.45) is 0 Å². The fourth-order valence-corrected chi connectivity index (χ4v) is 2.55. The number of rotatable bonds is 1. The summed E-state index contributed by atoms with van der Waals surface area (Å²) in [4.78, 5) is 11.9. The summed E-state index contributed by atoms with van der Waals surface area (Å²) in [6, 6.07) is 12.0. The van der Waals surface area contributed by atoms with Gasteiger partial charge in [-0.2, -0.15) is 5.26 Å². The highest BCUT2D eigenvalue weighted by Crippen LogP contribution is 2.27. The van der Waals surface area contributed by atoms with Crippen molar-refractivity contribution < 1.29 is 4.39 Å². The molecular weight excluding hydrogens is 291 g/mol. The molecule has 4 rings (SSSR count). The molecule has 1 N–H and O–H groups in total.